The van der Waals surface area contributed by atoms with Gasteiger partial charge in [-0.3, -0.25) is 0 Å². The van der Waals surface area contributed by atoms with E-state index in [1.807, 2.05) is 11.3 Å². The second-order valence-corrected chi connectivity index (χ2v) is 5.54. The normalized spacial score (nSPS) is 10.5. The average Bonchev–Trinajstić information content (AvgIpc) is 3.01. The summed E-state index contributed by atoms with van der Waals surface area (Å²) in [6.07, 6.45) is 0. The molecule has 2 aromatic heterocycles. The van der Waals surface area contributed by atoms with Gasteiger partial charge in [-0.05, 0) is 29.1 Å². The van der Waals surface area contributed by atoms with E-state index in [4.69, 9.17) is 0 Å². The Morgan fingerprint density at radius 1 is 0.625 bits per heavy atom. The topological polar surface area (TPSA) is 0 Å². The minimum atomic E-state index is 1.30. The molecule has 0 aliphatic carbocycles. The van der Waals surface area contributed by atoms with Crippen LogP contribution in [0.2, 0.25) is 0 Å². The van der Waals surface area contributed by atoms with E-state index in [0.29, 0.717) is 0 Å². The Kier molecular flexibility index (Phi) is 2.60. The van der Waals surface area contributed by atoms with Crippen LogP contribution < -0.4 is 0 Å². The van der Waals surface area contributed by atoms with Gasteiger partial charge in [0.05, 0.1) is 0 Å². The molecule has 2 heteroatoms. The van der Waals surface area contributed by atoms with Crippen LogP contribution in [0.5, 0.6) is 0 Å². The maximum absolute atomic E-state index is 2.21. The van der Waals surface area contributed by atoms with Crippen LogP contribution in [0.25, 0.3) is 20.2 Å². The largest absolute Gasteiger partial charge is 0.143 e. The molecular formula is C14H10S2. The molecule has 0 radical (unpaired) electrons. The van der Waals surface area contributed by atoms with E-state index in [1.54, 1.807) is 11.3 Å². The fourth-order valence-corrected chi connectivity index (χ4v) is 3.49. The van der Waals surface area contributed by atoms with Crippen molar-refractivity contribution in [3.63, 3.8) is 0 Å². The van der Waals surface area contributed by atoms with E-state index in [9.17, 15) is 0 Å². The zero-order valence-electron chi connectivity index (χ0n) is 8.59. The van der Waals surface area contributed by atoms with Crippen LogP contribution >= 0.6 is 22.7 Å². The van der Waals surface area contributed by atoms with Crippen LogP contribution in [-0.4, -0.2) is 0 Å². The van der Waals surface area contributed by atoms with Gasteiger partial charge in [0, 0.05) is 14.6 Å². The van der Waals surface area contributed by atoms with Gasteiger partial charge < -0.3 is 0 Å². The van der Waals surface area contributed by atoms with Gasteiger partial charge in [0.2, 0.25) is 0 Å². The van der Waals surface area contributed by atoms with E-state index in [2.05, 4.69) is 60.0 Å². The van der Waals surface area contributed by atoms with Gasteiger partial charge in [-0.25, -0.2) is 0 Å². The third-order valence-electron chi connectivity index (χ3n) is 2.43. The minimum Gasteiger partial charge on any atom is -0.143 e. The number of thiophene rings is 2. The minimum absolute atomic E-state index is 1.30. The lowest BCUT2D eigenvalue weighted by molar-refractivity contribution is 1.70. The highest BCUT2D eigenvalue weighted by molar-refractivity contribution is 7.23. The molecule has 0 nitrogen and oxygen atoms in total. The first kappa shape index (κ1) is 9.82. The van der Waals surface area contributed by atoms with E-state index in [-0.39, 0.29) is 0 Å². The van der Waals surface area contributed by atoms with Crippen molar-refractivity contribution >= 4 is 22.7 Å². The second kappa shape index (κ2) is 4.24. The molecule has 0 atom stereocenters. The zero-order valence-corrected chi connectivity index (χ0v) is 10.2. The average molecular weight is 242 g/mol. The summed E-state index contributed by atoms with van der Waals surface area (Å²) in [5.74, 6) is 0. The monoisotopic (exact) mass is 242 g/mol. The van der Waals surface area contributed by atoms with E-state index >= 15 is 0 Å². The Bertz CT molecular complexity index is 562. The number of hydrogen-bond acceptors (Lipinski definition) is 2. The third kappa shape index (κ3) is 1.82. The van der Waals surface area contributed by atoms with Crippen molar-refractivity contribution < 1.29 is 0 Å². The Labute approximate surface area is 103 Å². The van der Waals surface area contributed by atoms with Gasteiger partial charge in [0.25, 0.3) is 0 Å². The predicted octanol–water partition coefficient (Wildman–Crippen LogP) is 5.14. The van der Waals surface area contributed by atoms with Crippen LogP contribution in [-0.2, 0) is 0 Å². The molecule has 0 fully saturated rings. The summed E-state index contributed by atoms with van der Waals surface area (Å²) in [5, 5.41) is 2.12. The number of hydrogen-bond donors (Lipinski definition) is 0. The first-order valence-electron chi connectivity index (χ1n) is 5.12. The molecule has 3 rings (SSSR count). The SMILES string of the molecule is c1ccc(-c2ccc(-c3cccs3)s2)cc1. The van der Waals surface area contributed by atoms with Crippen LogP contribution in [0.4, 0.5) is 0 Å². The Morgan fingerprint density at radius 3 is 2.19 bits per heavy atom. The molecule has 0 aliphatic heterocycles. The van der Waals surface area contributed by atoms with Crippen LogP contribution in [0.1, 0.15) is 0 Å². The number of rotatable bonds is 2. The van der Waals surface area contributed by atoms with Crippen molar-refractivity contribution in [2.75, 3.05) is 0 Å². The highest BCUT2D eigenvalue weighted by atomic mass is 32.1. The summed E-state index contributed by atoms with van der Waals surface area (Å²) >= 11 is 3.65. The van der Waals surface area contributed by atoms with Gasteiger partial charge in [-0.2, -0.15) is 0 Å². The Balaban J connectivity index is 2.00. The number of benzene rings is 1. The third-order valence-corrected chi connectivity index (χ3v) is 4.63. The molecule has 0 saturated carbocycles. The molecular weight excluding hydrogens is 232 g/mol. The van der Waals surface area contributed by atoms with Crippen molar-refractivity contribution in [3.05, 3.63) is 60.0 Å². The van der Waals surface area contributed by atoms with Gasteiger partial charge in [0.1, 0.15) is 0 Å². The summed E-state index contributed by atoms with van der Waals surface area (Å²) in [5.41, 5.74) is 1.30. The standard InChI is InChI=1S/C14H10S2/c1-2-5-11(6-3-1)12-8-9-14(16-12)13-7-4-10-15-13/h1-10H. The first-order chi connectivity index (χ1) is 7.93. The van der Waals surface area contributed by atoms with Crippen molar-refractivity contribution in [2.24, 2.45) is 0 Å². The molecule has 0 amide bonds. The molecule has 2 heterocycles. The van der Waals surface area contributed by atoms with Crippen molar-refractivity contribution in [1.82, 2.24) is 0 Å². The molecule has 3 aromatic rings. The van der Waals surface area contributed by atoms with Gasteiger partial charge in [-0.1, -0.05) is 36.4 Å². The fourth-order valence-electron chi connectivity index (χ4n) is 1.65. The van der Waals surface area contributed by atoms with Gasteiger partial charge in [0.15, 0.2) is 0 Å². The van der Waals surface area contributed by atoms with Crippen molar-refractivity contribution in [3.8, 4) is 20.2 Å². The lowest BCUT2D eigenvalue weighted by Gasteiger charge is -1.94. The van der Waals surface area contributed by atoms with Crippen LogP contribution in [0.15, 0.2) is 60.0 Å². The van der Waals surface area contributed by atoms with Crippen molar-refractivity contribution in [2.45, 2.75) is 0 Å². The fraction of sp³-hybridized carbons (Fsp3) is 0. The quantitative estimate of drug-likeness (QED) is 0.583. The van der Waals surface area contributed by atoms with Crippen LogP contribution in [0.3, 0.4) is 0 Å². The first-order valence-corrected chi connectivity index (χ1v) is 6.82. The second-order valence-electron chi connectivity index (χ2n) is 3.51. The van der Waals surface area contributed by atoms with Crippen LogP contribution in [0, 0.1) is 0 Å². The van der Waals surface area contributed by atoms with Gasteiger partial charge in [-0.15, -0.1) is 22.7 Å². The molecule has 16 heavy (non-hydrogen) atoms. The highest BCUT2D eigenvalue weighted by Gasteiger charge is 2.04. The zero-order chi connectivity index (χ0) is 10.8. The predicted molar refractivity (Wildman–Crippen MR) is 73.1 cm³/mol. The Hall–Kier alpha value is -1.38. The van der Waals surface area contributed by atoms with E-state index < -0.39 is 0 Å². The summed E-state index contributed by atoms with van der Waals surface area (Å²) in [6, 6.07) is 19.2. The van der Waals surface area contributed by atoms with E-state index in [1.165, 1.54) is 20.2 Å². The molecule has 0 saturated heterocycles. The summed E-state index contributed by atoms with van der Waals surface area (Å²) in [4.78, 5) is 4.05. The highest BCUT2D eigenvalue weighted by Crippen LogP contribution is 2.36. The van der Waals surface area contributed by atoms with Gasteiger partial charge >= 0.3 is 0 Å². The summed E-state index contributed by atoms with van der Waals surface area (Å²) < 4.78 is 0. The molecule has 0 unspecified atom stereocenters. The van der Waals surface area contributed by atoms with E-state index in [0.717, 1.165) is 0 Å². The molecule has 78 valence electrons. The lowest BCUT2D eigenvalue weighted by atomic mass is 10.2. The Morgan fingerprint density at radius 2 is 1.44 bits per heavy atom. The smallest absolute Gasteiger partial charge is 0.0449 e. The maximum atomic E-state index is 2.21. The summed E-state index contributed by atoms with van der Waals surface area (Å²) in [7, 11) is 0. The molecule has 1 aromatic carbocycles. The lowest BCUT2D eigenvalue weighted by Crippen LogP contribution is -1.67. The summed E-state index contributed by atoms with van der Waals surface area (Å²) in [6.45, 7) is 0. The molecule has 0 N–H and O–H groups in total. The molecule has 0 aliphatic rings. The molecule has 0 bridgehead atoms. The van der Waals surface area contributed by atoms with Crippen molar-refractivity contribution in [1.29, 1.82) is 0 Å². The molecule has 0 spiro atoms. The maximum Gasteiger partial charge on any atom is 0.0449 e.